The summed E-state index contributed by atoms with van der Waals surface area (Å²) in [6.45, 7) is -6.52. The lowest BCUT2D eigenvalue weighted by molar-refractivity contribution is -0.0692. The van der Waals surface area contributed by atoms with E-state index in [-0.39, 0.29) is 5.56 Å². The zero-order valence-electron chi connectivity index (χ0n) is 9.54. The fourth-order valence-electron chi connectivity index (χ4n) is 1.17. The Hall–Kier alpha value is -1.81. The van der Waals surface area contributed by atoms with Crippen molar-refractivity contribution >= 4 is 16.2 Å². The predicted molar refractivity (Wildman–Crippen MR) is 60.3 cm³/mol. The molecule has 0 aliphatic heterocycles. The van der Waals surface area contributed by atoms with Gasteiger partial charge in [0.1, 0.15) is 0 Å². The van der Waals surface area contributed by atoms with Crippen LogP contribution in [0.3, 0.4) is 0 Å². The molecule has 20 heavy (non-hydrogen) atoms. The van der Waals surface area contributed by atoms with Crippen molar-refractivity contribution in [2.75, 3.05) is 0 Å². The van der Waals surface area contributed by atoms with E-state index in [1.807, 2.05) is 0 Å². The summed E-state index contributed by atoms with van der Waals surface area (Å²) in [4.78, 5) is 0. The van der Waals surface area contributed by atoms with Crippen molar-refractivity contribution in [1.82, 2.24) is 0 Å². The van der Waals surface area contributed by atoms with Crippen LogP contribution in [0.1, 0.15) is 5.56 Å². The third-order valence-electron chi connectivity index (χ3n) is 1.83. The van der Waals surface area contributed by atoms with Crippen molar-refractivity contribution in [1.29, 1.82) is 0 Å². The number of hydrogen-bond acceptors (Lipinski definition) is 4. The second-order valence-electron chi connectivity index (χ2n) is 3.28. The third kappa shape index (κ3) is 5.89. The molecule has 0 spiro atoms. The molecule has 1 N–H and O–H groups in total. The van der Waals surface area contributed by atoms with Gasteiger partial charge in [0.05, 0.1) is 5.41 Å². The molecule has 1 aromatic rings. The zero-order valence-corrected chi connectivity index (χ0v) is 10.4. The Morgan fingerprint density at radius 3 is 2.10 bits per heavy atom. The smallest absolute Gasteiger partial charge is 0.387 e. The fourth-order valence-corrected chi connectivity index (χ4v) is 1.50. The van der Waals surface area contributed by atoms with E-state index in [4.69, 9.17) is 4.55 Å². The van der Waals surface area contributed by atoms with Gasteiger partial charge >= 0.3 is 13.2 Å². The van der Waals surface area contributed by atoms with Gasteiger partial charge < -0.3 is 9.47 Å². The SMILES string of the molecule is O=S(=O)(O)C=Cc1ccc(OC(F)F)c(OC(F)F)c1. The first-order chi connectivity index (χ1) is 9.17. The number of halogens is 4. The van der Waals surface area contributed by atoms with Crippen molar-refractivity contribution in [3.8, 4) is 11.5 Å². The summed E-state index contributed by atoms with van der Waals surface area (Å²) in [5.74, 6) is -1.33. The quantitative estimate of drug-likeness (QED) is 0.645. The second kappa shape index (κ2) is 6.57. The molecule has 0 saturated heterocycles. The van der Waals surface area contributed by atoms with Crippen molar-refractivity contribution in [3.05, 3.63) is 29.2 Å². The number of rotatable bonds is 6. The molecule has 5 nitrogen and oxygen atoms in total. The molecule has 0 aliphatic rings. The molecule has 10 heteroatoms. The number of benzene rings is 1. The highest BCUT2D eigenvalue weighted by molar-refractivity contribution is 7.88. The normalized spacial score (nSPS) is 12.3. The Morgan fingerprint density at radius 2 is 1.60 bits per heavy atom. The van der Waals surface area contributed by atoms with Crippen LogP contribution in [-0.4, -0.2) is 26.2 Å². The van der Waals surface area contributed by atoms with Crippen LogP contribution in [-0.2, 0) is 10.1 Å². The highest BCUT2D eigenvalue weighted by atomic mass is 32.2. The van der Waals surface area contributed by atoms with Gasteiger partial charge in [-0.15, -0.1) is 0 Å². The first-order valence-electron chi connectivity index (χ1n) is 4.86. The predicted octanol–water partition coefficient (Wildman–Crippen LogP) is 2.75. The topological polar surface area (TPSA) is 72.8 Å². The van der Waals surface area contributed by atoms with E-state index in [0.717, 1.165) is 24.3 Å². The fraction of sp³-hybridized carbons (Fsp3) is 0.200. The molecule has 0 unspecified atom stereocenters. The molecule has 0 heterocycles. The summed E-state index contributed by atoms with van der Waals surface area (Å²) < 4.78 is 85.7. The Balaban J connectivity index is 3.10. The van der Waals surface area contributed by atoms with Crippen LogP contribution in [0.25, 0.3) is 6.08 Å². The Morgan fingerprint density at radius 1 is 1.05 bits per heavy atom. The maximum Gasteiger partial charge on any atom is 0.387 e. The van der Waals surface area contributed by atoms with E-state index in [1.54, 1.807) is 0 Å². The van der Waals surface area contributed by atoms with Crippen LogP contribution in [0.4, 0.5) is 17.6 Å². The molecule has 0 aromatic heterocycles. The van der Waals surface area contributed by atoms with Crippen LogP contribution in [0.5, 0.6) is 11.5 Å². The van der Waals surface area contributed by atoms with Gasteiger partial charge in [0.2, 0.25) is 0 Å². The van der Waals surface area contributed by atoms with Gasteiger partial charge in [-0.1, -0.05) is 6.07 Å². The summed E-state index contributed by atoms with van der Waals surface area (Å²) in [7, 11) is -4.41. The number of hydrogen-bond donors (Lipinski definition) is 1. The minimum absolute atomic E-state index is 0.0138. The van der Waals surface area contributed by atoms with Gasteiger partial charge in [-0.05, 0) is 23.8 Å². The molecule has 0 amide bonds. The van der Waals surface area contributed by atoms with E-state index in [9.17, 15) is 26.0 Å². The third-order valence-corrected chi connectivity index (χ3v) is 2.31. The van der Waals surface area contributed by atoms with E-state index < -0.39 is 34.8 Å². The zero-order chi connectivity index (χ0) is 15.3. The lowest BCUT2D eigenvalue weighted by atomic mass is 10.2. The van der Waals surface area contributed by atoms with Gasteiger partial charge in [-0.3, -0.25) is 4.55 Å². The number of ether oxygens (including phenoxy) is 2. The molecule has 1 rings (SSSR count). The molecule has 0 fully saturated rings. The van der Waals surface area contributed by atoms with Crippen LogP contribution in [0.15, 0.2) is 23.6 Å². The Kier molecular flexibility index (Phi) is 5.34. The first-order valence-corrected chi connectivity index (χ1v) is 6.37. The van der Waals surface area contributed by atoms with Gasteiger partial charge in [-0.25, -0.2) is 0 Å². The van der Waals surface area contributed by atoms with Gasteiger partial charge in [0, 0.05) is 0 Å². The van der Waals surface area contributed by atoms with Crippen LogP contribution >= 0.6 is 0 Å². The van der Waals surface area contributed by atoms with Crippen LogP contribution in [0, 0.1) is 0 Å². The molecule has 1 aromatic carbocycles. The molecule has 0 atom stereocenters. The van der Waals surface area contributed by atoms with Crippen molar-refractivity contribution in [2.45, 2.75) is 13.2 Å². The maximum atomic E-state index is 12.1. The highest BCUT2D eigenvalue weighted by Crippen LogP contribution is 2.31. The highest BCUT2D eigenvalue weighted by Gasteiger charge is 2.14. The summed E-state index contributed by atoms with van der Waals surface area (Å²) in [6.07, 6.45) is 0.861. The average Bonchev–Trinajstić information content (AvgIpc) is 2.27. The van der Waals surface area contributed by atoms with Crippen LogP contribution in [0.2, 0.25) is 0 Å². The van der Waals surface area contributed by atoms with E-state index in [1.165, 1.54) is 0 Å². The van der Waals surface area contributed by atoms with Crippen LogP contribution < -0.4 is 9.47 Å². The minimum Gasteiger partial charge on any atom is -0.431 e. The molecule has 0 radical (unpaired) electrons. The van der Waals surface area contributed by atoms with Crippen molar-refractivity contribution < 1.29 is 40.0 Å². The standard InChI is InChI=1S/C10H8F4O5S/c11-9(12)18-7-2-1-6(3-4-20(15,16)17)5-8(7)19-10(13)14/h1-5,9-10H,(H,15,16,17). The average molecular weight is 316 g/mol. The van der Waals surface area contributed by atoms with E-state index >= 15 is 0 Å². The lowest BCUT2D eigenvalue weighted by Crippen LogP contribution is -2.07. The van der Waals surface area contributed by atoms with Gasteiger partial charge in [0.15, 0.2) is 11.5 Å². The van der Waals surface area contributed by atoms with Crippen molar-refractivity contribution in [3.63, 3.8) is 0 Å². The minimum atomic E-state index is -4.41. The van der Waals surface area contributed by atoms with E-state index in [2.05, 4.69) is 9.47 Å². The first kappa shape index (κ1) is 16.2. The summed E-state index contributed by atoms with van der Waals surface area (Å²) >= 11 is 0. The molecule has 112 valence electrons. The van der Waals surface area contributed by atoms with Gasteiger partial charge in [-0.2, -0.15) is 26.0 Å². The molecular weight excluding hydrogens is 308 g/mol. The van der Waals surface area contributed by atoms with Crippen molar-refractivity contribution in [2.24, 2.45) is 0 Å². The summed E-state index contributed by atoms with van der Waals surface area (Å²) in [5.41, 5.74) is 0.0138. The monoisotopic (exact) mass is 316 g/mol. The number of alkyl halides is 4. The summed E-state index contributed by atoms with van der Waals surface area (Å²) in [5, 5.41) is 0.391. The lowest BCUT2D eigenvalue weighted by Gasteiger charge is -2.12. The van der Waals surface area contributed by atoms with E-state index in [0.29, 0.717) is 5.41 Å². The largest absolute Gasteiger partial charge is 0.431 e. The molecule has 0 aliphatic carbocycles. The molecule has 0 bridgehead atoms. The van der Waals surface area contributed by atoms with Gasteiger partial charge in [0.25, 0.3) is 10.1 Å². The Labute approximate surface area is 111 Å². The Bertz CT molecular complexity index is 585. The molecule has 0 saturated carbocycles. The summed E-state index contributed by atoms with van der Waals surface area (Å²) in [6, 6.07) is 2.86. The maximum absolute atomic E-state index is 12.1. The molecular formula is C10H8F4O5S. The second-order valence-corrected chi connectivity index (χ2v) is 4.58.